The Bertz CT molecular complexity index is 319. The average molecular weight is 320 g/mol. The van der Waals surface area contributed by atoms with Crippen molar-refractivity contribution in [3.8, 4) is 0 Å². The summed E-state index contributed by atoms with van der Waals surface area (Å²) in [6, 6.07) is 0. The molecule has 0 radical (unpaired) electrons. The summed E-state index contributed by atoms with van der Waals surface area (Å²) >= 11 is 0. The minimum absolute atomic E-state index is 0.168. The maximum Gasteiger partial charge on any atom is 0.308 e. The second-order valence-corrected chi connectivity index (χ2v) is 5.34. The molecule has 0 aliphatic rings. The molecule has 3 N–H and O–H groups in total. The van der Waals surface area contributed by atoms with Crippen molar-refractivity contribution in [1.82, 2.24) is 0 Å². The molecule has 130 valence electrons. The largest absolute Gasteiger partial charge is 0.463 e. The van der Waals surface area contributed by atoms with Crippen LogP contribution in [0.3, 0.4) is 0 Å². The lowest BCUT2D eigenvalue weighted by Gasteiger charge is -2.20. The molecule has 0 fully saturated rings. The molecule has 0 aromatic carbocycles. The van der Waals surface area contributed by atoms with Crippen molar-refractivity contribution in [2.75, 3.05) is 13.2 Å². The van der Waals surface area contributed by atoms with E-state index in [2.05, 4.69) is 6.92 Å². The molecular weight excluding hydrogens is 292 g/mol. The van der Waals surface area contributed by atoms with Gasteiger partial charge in [0.25, 0.3) is 0 Å². The summed E-state index contributed by atoms with van der Waals surface area (Å²) in [5.41, 5.74) is 0. The van der Waals surface area contributed by atoms with Crippen LogP contribution in [0.1, 0.15) is 52.4 Å². The number of unbranched alkanes of at least 4 members (excludes halogenated alkanes) is 2. The standard InChI is InChI=1S/C15H28O7/c1-3-4-5-6-14(22-11(2)17)7-12(18)8-15(20)21-10-13(19)9-16/h12-14,16,18-19H,3-10H2,1-2H3/t12-,13?,14-/m1/s1. The van der Waals surface area contributed by atoms with E-state index in [1.165, 1.54) is 6.92 Å². The summed E-state index contributed by atoms with van der Waals surface area (Å²) in [6.45, 7) is 2.56. The van der Waals surface area contributed by atoms with E-state index in [0.29, 0.717) is 6.42 Å². The number of esters is 2. The molecule has 0 spiro atoms. The Labute approximate surface area is 131 Å². The monoisotopic (exact) mass is 320 g/mol. The highest BCUT2D eigenvalue weighted by Gasteiger charge is 2.20. The highest BCUT2D eigenvalue weighted by Crippen LogP contribution is 2.15. The molecule has 7 nitrogen and oxygen atoms in total. The van der Waals surface area contributed by atoms with E-state index in [0.717, 1.165) is 19.3 Å². The van der Waals surface area contributed by atoms with Gasteiger partial charge in [0, 0.05) is 13.3 Å². The van der Waals surface area contributed by atoms with Gasteiger partial charge in [-0.15, -0.1) is 0 Å². The minimum atomic E-state index is -1.12. The van der Waals surface area contributed by atoms with Gasteiger partial charge in [-0.2, -0.15) is 0 Å². The second kappa shape index (κ2) is 12.4. The molecule has 0 rings (SSSR count). The van der Waals surface area contributed by atoms with Gasteiger partial charge in [0.05, 0.1) is 19.1 Å². The van der Waals surface area contributed by atoms with Crippen molar-refractivity contribution in [2.45, 2.75) is 70.7 Å². The maximum atomic E-state index is 11.5. The van der Waals surface area contributed by atoms with E-state index in [9.17, 15) is 14.7 Å². The number of aliphatic hydroxyl groups excluding tert-OH is 3. The first-order chi connectivity index (χ1) is 10.4. The molecule has 0 bridgehead atoms. The molecule has 7 heteroatoms. The van der Waals surface area contributed by atoms with Gasteiger partial charge in [-0.1, -0.05) is 19.8 Å². The average Bonchev–Trinajstić information content (AvgIpc) is 2.44. The van der Waals surface area contributed by atoms with E-state index >= 15 is 0 Å². The van der Waals surface area contributed by atoms with Gasteiger partial charge in [0.15, 0.2) is 0 Å². The third-order valence-electron chi connectivity index (χ3n) is 3.05. The summed E-state index contributed by atoms with van der Waals surface area (Å²) in [7, 11) is 0. The molecule has 0 aromatic heterocycles. The van der Waals surface area contributed by atoms with Crippen LogP contribution in [0.2, 0.25) is 0 Å². The summed E-state index contributed by atoms with van der Waals surface area (Å²) in [5, 5.41) is 27.5. The Morgan fingerprint density at radius 2 is 1.82 bits per heavy atom. The normalized spacial score (nSPS) is 15.0. The molecule has 0 saturated carbocycles. The minimum Gasteiger partial charge on any atom is -0.463 e. The molecule has 0 heterocycles. The van der Waals surface area contributed by atoms with Crippen LogP contribution in [0, 0.1) is 0 Å². The molecule has 0 saturated heterocycles. The fraction of sp³-hybridized carbons (Fsp3) is 0.867. The molecule has 22 heavy (non-hydrogen) atoms. The van der Waals surface area contributed by atoms with Crippen LogP contribution in [-0.2, 0) is 19.1 Å². The molecule has 0 aliphatic carbocycles. The fourth-order valence-electron chi connectivity index (χ4n) is 1.96. The Kier molecular flexibility index (Phi) is 11.7. The highest BCUT2D eigenvalue weighted by molar-refractivity contribution is 5.70. The van der Waals surface area contributed by atoms with Crippen LogP contribution in [0.15, 0.2) is 0 Å². The lowest BCUT2D eigenvalue weighted by atomic mass is 10.0. The van der Waals surface area contributed by atoms with Gasteiger partial charge in [-0.3, -0.25) is 9.59 Å². The second-order valence-electron chi connectivity index (χ2n) is 5.34. The van der Waals surface area contributed by atoms with Gasteiger partial charge < -0.3 is 24.8 Å². The van der Waals surface area contributed by atoms with Gasteiger partial charge >= 0.3 is 11.9 Å². The number of hydrogen-bond donors (Lipinski definition) is 3. The van der Waals surface area contributed by atoms with E-state index in [1.807, 2.05) is 0 Å². The lowest BCUT2D eigenvalue weighted by molar-refractivity contribution is -0.151. The van der Waals surface area contributed by atoms with Crippen LogP contribution in [0.5, 0.6) is 0 Å². The maximum absolute atomic E-state index is 11.5. The van der Waals surface area contributed by atoms with E-state index in [-0.39, 0.29) is 19.4 Å². The lowest BCUT2D eigenvalue weighted by Crippen LogP contribution is -2.27. The number of carbonyl (C=O) groups is 2. The van der Waals surface area contributed by atoms with Crippen molar-refractivity contribution in [3.05, 3.63) is 0 Å². The zero-order chi connectivity index (χ0) is 17.0. The SMILES string of the molecule is CCCCC[C@H](C[C@@H](O)CC(=O)OCC(O)CO)OC(C)=O. The number of rotatable bonds is 12. The predicted molar refractivity (Wildman–Crippen MR) is 79.0 cm³/mol. The summed E-state index contributed by atoms with van der Waals surface area (Å²) in [4.78, 5) is 22.5. The fourth-order valence-corrected chi connectivity index (χ4v) is 1.96. The smallest absolute Gasteiger partial charge is 0.308 e. The summed E-state index contributed by atoms with van der Waals surface area (Å²) in [5.74, 6) is -1.09. The number of aliphatic hydroxyl groups is 3. The van der Waals surface area contributed by atoms with Gasteiger partial charge in [0.2, 0.25) is 0 Å². The third-order valence-corrected chi connectivity index (χ3v) is 3.05. The Hall–Kier alpha value is -1.18. The Balaban J connectivity index is 4.15. The molecule has 3 atom stereocenters. The van der Waals surface area contributed by atoms with Crippen molar-refractivity contribution in [2.24, 2.45) is 0 Å². The quantitative estimate of drug-likeness (QED) is 0.355. The van der Waals surface area contributed by atoms with Gasteiger partial charge in [0.1, 0.15) is 18.8 Å². The van der Waals surface area contributed by atoms with Crippen molar-refractivity contribution in [3.63, 3.8) is 0 Å². The number of ether oxygens (including phenoxy) is 2. The molecular formula is C15H28O7. The highest BCUT2D eigenvalue weighted by atomic mass is 16.5. The van der Waals surface area contributed by atoms with Crippen LogP contribution in [0.25, 0.3) is 0 Å². The van der Waals surface area contributed by atoms with Crippen LogP contribution < -0.4 is 0 Å². The predicted octanol–water partition coefficient (Wildman–Crippen LogP) is 0.536. The van der Waals surface area contributed by atoms with Crippen LogP contribution >= 0.6 is 0 Å². The van der Waals surface area contributed by atoms with Crippen LogP contribution in [0.4, 0.5) is 0 Å². The van der Waals surface area contributed by atoms with E-state index < -0.39 is 36.9 Å². The summed E-state index contributed by atoms with van der Waals surface area (Å²) in [6.07, 6.45) is 0.967. The first kappa shape index (κ1) is 20.8. The zero-order valence-electron chi connectivity index (χ0n) is 13.4. The number of hydrogen-bond acceptors (Lipinski definition) is 7. The van der Waals surface area contributed by atoms with Crippen molar-refractivity contribution >= 4 is 11.9 Å². The van der Waals surface area contributed by atoms with E-state index in [1.54, 1.807) is 0 Å². The molecule has 1 unspecified atom stereocenters. The Morgan fingerprint density at radius 1 is 1.14 bits per heavy atom. The third kappa shape index (κ3) is 11.5. The van der Waals surface area contributed by atoms with Crippen LogP contribution in [-0.4, -0.2) is 58.8 Å². The van der Waals surface area contributed by atoms with Gasteiger partial charge in [-0.25, -0.2) is 0 Å². The Morgan fingerprint density at radius 3 is 2.36 bits per heavy atom. The van der Waals surface area contributed by atoms with Crippen molar-refractivity contribution < 1.29 is 34.4 Å². The molecule has 0 aromatic rings. The first-order valence-electron chi connectivity index (χ1n) is 7.68. The zero-order valence-corrected chi connectivity index (χ0v) is 13.4. The first-order valence-corrected chi connectivity index (χ1v) is 7.68. The molecule has 0 amide bonds. The summed E-state index contributed by atoms with van der Waals surface area (Å²) < 4.78 is 9.85. The number of carbonyl (C=O) groups excluding carboxylic acids is 2. The topological polar surface area (TPSA) is 113 Å². The van der Waals surface area contributed by atoms with Gasteiger partial charge in [-0.05, 0) is 12.8 Å². The van der Waals surface area contributed by atoms with Crippen molar-refractivity contribution in [1.29, 1.82) is 0 Å². The van der Waals surface area contributed by atoms with E-state index in [4.69, 9.17) is 19.7 Å². The molecule has 0 aliphatic heterocycles.